The van der Waals surface area contributed by atoms with Crippen LogP contribution in [0.3, 0.4) is 0 Å². The summed E-state index contributed by atoms with van der Waals surface area (Å²) in [5.74, 6) is -1.56. The Labute approximate surface area is 164 Å². The summed E-state index contributed by atoms with van der Waals surface area (Å²) >= 11 is 0. The van der Waals surface area contributed by atoms with Gasteiger partial charge in [0, 0.05) is 23.1 Å². The van der Waals surface area contributed by atoms with Gasteiger partial charge in [-0.15, -0.1) is 6.58 Å². The molecule has 0 aliphatic heterocycles. The Morgan fingerprint density at radius 2 is 1.90 bits per heavy atom. The van der Waals surface area contributed by atoms with E-state index in [0.717, 1.165) is 5.56 Å². The van der Waals surface area contributed by atoms with Gasteiger partial charge in [0.05, 0.1) is 4.92 Å². The number of nitro benzene ring substituents is 1. The first kappa shape index (κ1) is 19.7. The average Bonchev–Trinajstić information content (AvgIpc) is 2.72. The van der Waals surface area contributed by atoms with Gasteiger partial charge < -0.3 is 9.15 Å². The number of carbonyl (C=O) groups excluding carboxylic acids is 2. The van der Waals surface area contributed by atoms with Crippen molar-refractivity contribution in [1.29, 1.82) is 0 Å². The Hall–Kier alpha value is -4.07. The number of hydrogen-bond acceptors (Lipinski definition) is 7. The van der Waals surface area contributed by atoms with Crippen molar-refractivity contribution in [2.75, 3.05) is 6.61 Å². The minimum atomic E-state index is -0.995. The highest BCUT2D eigenvalue weighted by atomic mass is 16.6. The first-order chi connectivity index (χ1) is 13.9. The molecule has 0 N–H and O–H groups in total. The largest absolute Gasteiger partial charge is 0.453 e. The van der Waals surface area contributed by atoms with E-state index < -0.39 is 28.9 Å². The number of nitro groups is 1. The zero-order valence-corrected chi connectivity index (χ0v) is 15.1. The maximum absolute atomic E-state index is 12.3. The van der Waals surface area contributed by atoms with E-state index in [9.17, 15) is 24.5 Å². The van der Waals surface area contributed by atoms with Crippen LogP contribution in [-0.4, -0.2) is 23.3 Å². The van der Waals surface area contributed by atoms with Gasteiger partial charge >= 0.3 is 11.6 Å². The third kappa shape index (κ3) is 4.27. The van der Waals surface area contributed by atoms with E-state index in [0.29, 0.717) is 17.4 Å². The molecule has 1 aromatic heterocycles. The molecule has 0 saturated heterocycles. The quantitative estimate of drug-likeness (QED) is 0.151. The van der Waals surface area contributed by atoms with Crippen LogP contribution in [0.2, 0.25) is 0 Å². The predicted molar refractivity (Wildman–Crippen MR) is 104 cm³/mol. The lowest BCUT2D eigenvalue weighted by Crippen LogP contribution is -2.20. The molecule has 3 aromatic rings. The highest BCUT2D eigenvalue weighted by molar-refractivity contribution is 6.00. The van der Waals surface area contributed by atoms with Gasteiger partial charge in [-0.25, -0.2) is 9.59 Å². The molecule has 0 atom stereocenters. The van der Waals surface area contributed by atoms with Gasteiger partial charge in [-0.2, -0.15) is 0 Å². The summed E-state index contributed by atoms with van der Waals surface area (Å²) in [4.78, 5) is 46.6. The maximum atomic E-state index is 12.3. The SMILES string of the molecule is C=CCc1cccc2cc(C(=O)OCC(=O)c3ccc([N+](=O)[O-])cc3)c(=O)oc12. The van der Waals surface area contributed by atoms with Crippen LogP contribution in [0.4, 0.5) is 5.69 Å². The molecule has 0 saturated carbocycles. The van der Waals surface area contributed by atoms with Gasteiger partial charge in [-0.3, -0.25) is 14.9 Å². The maximum Gasteiger partial charge on any atom is 0.351 e. The number of Topliss-reactive ketones (excluding diaryl/α,β-unsaturated/α-hetero) is 1. The second-order valence-corrected chi connectivity index (χ2v) is 6.08. The predicted octanol–water partition coefficient (Wildman–Crippen LogP) is 3.47. The van der Waals surface area contributed by atoms with Gasteiger partial charge in [-0.1, -0.05) is 24.3 Å². The van der Waals surface area contributed by atoms with Crippen LogP contribution in [0.25, 0.3) is 11.0 Å². The molecule has 8 heteroatoms. The van der Waals surface area contributed by atoms with Crippen molar-refractivity contribution in [1.82, 2.24) is 0 Å². The zero-order valence-electron chi connectivity index (χ0n) is 15.1. The van der Waals surface area contributed by atoms with Crippen LogP contribution >= 0.6 is 0 Å². The van der Waals surface area contributed by atoms with Crippen LogP contribution in [0, 0.1) is 10.1 Å². The summed E-state index contributed by atoms with van der Waals surface area (Å²) < 4.78 is 10.2. The number of rotatable bonds is 7. The minimum Gasteiger partial charge on any atom is -0.453 e. The van der Waals surface area contributed by atoms with Gasteiger partial charge in [0.15, 0.2) is 12.4 Å². The summed E-state index contributed by atoms with van der Waals surface area (Å²) in [6.45, 7) is 3.03. The third-order valence-electron chi connectivity index (χ3n) is 4.16. The molecule has 0 radical (unpaired) electrons. The zero-order chi connectivity index (χ0) is 21.0. The van der Waals surface area contributed by atoms with Gasteiger partial charge in [0.1, 0.15) is 11.1 Å². The molecule has 2 aromatic carbocycles. The summed E-state index contributed by atoms with van der Waals surface area (Å²) in [6.07, 6.45) is 2.16. The number of esters is 1. The second-order valence-electron chi connectivity index (χ2n) is 6.08. The third-order valence-corrected chi connectivity index (χ3v) is 4.16. The molecular weight excluding hydrogens is 378 g/mol. The number of fused-ring (bicyclic) bond motifs is 1. The molecule has 0 unspecified atom stereocenters. The lowest BCUT2D eigenvalue weighted by Gasteiger charge is -2.06. The highest BCUT2D eigenvalue weighted by Crippen LogP contribution is 2.19. The van der Waals surface area contributed by atoms with Crippen molar-refractivity contribution in [3.8, 4) is 0 Å². The standard InChI is InChI=1S/C21H15NO7/c1-2-4-14-5-3-6-15-11-17(21(25)29-19(14)15)20(24)28-12-18(23)13-7-9-16(10-8-13)22(26)27/h2-3,5-11H,1,4,12H2. The lowest BCUT2D eigenvalue weighted by atomic mass is 10.1. The lowest BCUT2D eigenvalue weighted by molar-refractivity contribution is -0.384. The van der Waals surface area contributed by atoms with Gasteiger partial charge in [0.2, 0.25) is 0 Å². The van der Waals surface area contributed by atoms with Crippen LogP contribution in [-0.2, 0) is 11.2 Å². The fraction of sp³-hybridized carbons (Fsp3) is 0.0952. The number of allylic oxidation sites excluding steroid dienone is 1. The summed E-state index contributed by atoms with van der Waals surface area (Å²) in [5.41, 5.74) is -0.114. The number of carbonyl (C=O) groups is 2. The van der Waals surface area contributed by atoms with E-state index in [1.807, 2.05) is 0 Å². The number of para-hydroxylation sites is 1. The van der Waals surface area contributed by atoms with Crippen LogP contribution in [0.5, 0.6) is 0 Å². The van der Waals surface area contributed by atoms with E-state index >= 15 is 0 Å². The monoisotopic (exact) mass is 393 g/mol. The molecule has 1 heterocycles. The fourth-order valence-corrected chi connectivity index (χ4v) is 2.72. The molecule has 0 aliphatic carbocycles. The van der Waals surface area contributed by atoms with E-state index in [1.165, 1.54) is 30.3 Å². The highest BCUT2D eigenvalue weighted by Gasteiger charge is 2.18. The van der Waals surface area contributed by atoms with Crippen molar-refractivity contribution >= 4 is 28.4 Å². The van der Waals surface area contributed by atoms with Crippen molar-refractivity contribution in [2.45, 2.75) is 6.42 Å². The van der Waals surface area contributed by atoms with E-state index in [1.54, 1.807) is 24.3 Å². The smallest absolute Gasteiger partial charge is 0.351 e. The number of non-ortho nitro benzene ring substituents is 1. The Morgan fingerprint density at radius 3 is 2.55 bits per heavy atom. The fourth-order valence-electron chi connectivity index (χ4n) is 2.72. The number of benzene rings is 2. The van der Waals surface area contributed by atoms with Crippen LogP contribution < -0.4 is 5.63 Å². The minimum absolute atomic E-state index is 0.142. The topological polar surface area (TPSA) is 117 Å². The molecule has 8 nitrogen and oxygen atoms in total. The van der Waals surface area contributed by atoms with E-state index in [4.69, 9.17) is 9.15 Å². The second kappa shape index (κ2) is 8.30. The number of nitrogens with zero attached hydrogens (tertiary/aromatic N) is 1. The number of ketones is 1. The molecular formula is C21H15NO7. The molecule has 146 valence electrons. The molecule has 0 aliphatic rings. The normalized spacial score (nSPS) is 10.5. The summed E-state index contributed by atoms with van der Waals surface area (Å²) in [6, 6.07) is 11.5. The van der Waals surface area contributed by atoms with Crippen molar-refractivity contribution in [3.05, 3.63) is 98.4 Å². The Kier molecular flexibility index (Phi) is 5.64. The van der Waals surface area contributed by atoms with E-state index in [2.05, 4.69) is 6.58 Å². The average molecular weight is 393 g/mol. The first-order valence-corrected chi connectivity index (χ1v) is 8.52. The molecule has 0 fully saturated rings. The van der Waals surface area contributed by atoms with Gasteiger partial charge in [-0.05, 0) is 30.2 Å². The number of hydrogen-bond donors (Lipinski definition) is 0. The van der Waals surface area contributed by atoms with Crippen LogP contribution in [0.15, 0.2) is 70.4 Å². The van der Waals surface area contributed by atoms with Crippen molar-refractivity contribution in [3.63, 3.8) is 0 Å². The first-order valence-electron chi connectivity index (χ1n) is 8.52. The Bertz CT molecular complexity index is 1180. The van der Waals surface area contributed by atoms with E-state index in [-0.39, 0.29) is 16.8 Å². The molecule has 0 amide bonds. The van der Waals surface area contributed by atoms with Crippen molar-refractivity contribution < 1.29 is 23.7 Å². The molecule has 0 spiro atoms. The number of ether oxygens (including phenoxy) is 1. The van der Waals surface area contributed by atoms with Crippen LogP contribution in [0.1, 0.15) is 26.3 Å². The summed E-state index contributed by atoms with van der Waals surface area (Å²) in [5, 5.41) is 11.2. The molecule has 29 heavy (non-hydrogen) atoms. The molecule has 3 rings (SSSR count). The van der Waals surface area contributed by atoms with Crippen molar-refractivity contribution in [2.24, 2.45) is 0 Å². The van der Waals surface area contributed by atoms with Gasteiger partial charge in [0.25, 0.3) is 5.69 Å². The summed E-state index contributed by atoms with van der Waals surface area (Å²) in [7, 11) is 0. The Balaban J connectivity index is 1.76. The molecule has 0 bridgehead atoms. The Morgan fingerprint density at radius 1 is 1.17 bits per heavy atom.